The van der Waals surface area contributed by atoms with Crippen molar-refractivity contribution in [2.24, 2.45) is 11.5 Å². The highest BCUT2D eigenvalue weighted by Gasteiger charge is 2.69. The summed E-state index contributed by atoms with van der Waals surface area (Å²) in [7, 11) is 0. The number of ether oxygens (including phenoxy) is 1. The Morgan fingerprint density at radius 3 is 2.14 bits per heavy atom. The van der Waals surface area contributed by atoms with Gasteiger partial charge in [-0.15, -0.1) is 0 Å². The lowest BCUT2D eigenvalue weighted by molar-refractivity contribution is -0.401. The molecule has 0 radical (unpaired) electrons. The molecule has 1 saturated heterocycles. The molecule has 0 bridgehead atoms. The third-order valence-electron chi connectivity index (χ3n) is 5.80. The van der Waals surface area contributed by atoms with E-state index in [0.717, 1.165) is 0 Å². The monoisotopic (exact) mass is 543 g/mol. The van der Waals surface area contributed by atoms with Gasteiger partial charge in [0.2, 0.25) is 17.7 Å². The molecule has 8 atom stereocenters. The molecule has 0 aromatic rings. The van der Waals surface area contributed by atoms with Gasteiger partial charge in [-0.3, -0.25) is 19.2 Å². The average molecular weight is 544 g/mol. The number of amides is 4. The first-order valence-electron chi connectivity index (χ1n) is 11.4. The quantitative estimate of drug-likeness (QED) is 0.0982. The molecule has 1 fully saturated rings. The minimum Gasteiger partial charge on any atom is -0.394 e. The van der Waals surface area contributed by atoms with E-state index in [0.29, 0.717) is 0 Å². The Labute approximate surface area is 210 Å². The second-order valence-corrected chi connectivity index (χ2v) is 8.76. The van der Waals surface area contributed by atoms with Crippen molar-refractivity contribution in [1.29, 1.82) is 0 Å². The number of nitrogens with one attached hydrogen (secondary N) is 3. The largest absolute Gasteiger partial charge is 0.394 e. The Balaban J connectivity index is 2.52. The maximum Gasteiger partial charge on any atom is 0.379 e. The average Bonchev–Trinajstić information content (AvgIpc) is 2.83. The van der Waals surface area contributed by atoms with Crippen LogP contribution in [-0.2, 0) is 23.9 Å². The highest BCUT2D eigenvalue weighted by molar-refractivity contribution is 5.92. The van der Waals surface area contributed by atoms with E-state index in [9.17, 15) is 48.4 Å². The van der Waals surface area contributed by atoms with Crippen LogP contribution in [0.15, 0.2) is 0 Å². The van der Waals surface area contributed by atoms with Gasteiger partial charge in [0.15, 0.2) is 0 Å². The van der Waals surface area contributed by atoms with E-state index >= 15 is 0 Å². The molecular weight excluding hydrogens is 508 g/mol. The molecule has 37 heavy (non-hydrogen) atoms. The predicted octanol–water partition coefficient (Wildman–Crippen LogP) is -5.11. The Hall–Kier alpha value is -2.54. The smallest absolute Gasteiger partial charge is 0.379 e. The van der Waals surface area contributed by atoms with Crippen LogP contribution in [0.1, 0.15) is 33.1 Å². The third kappa shape index (κ3) is 7.73. The maximum absolute atomic E-state index is 14.6. The number of aliphatic hydroxyl groups excluding tert-OH is 4. The number of carbonyl (C=O) groups excluding carboxylic acids is 4. The molecule has 1 heterocycles. The molecule has 1 aliphatic heterocycles. The summed E-state index contributed by atoms with van der Waals surface area (Å²) in [5.41, 5.74) is 10.8. The molecule has 17 heteroatoms. The highest BCUT2D eigenvalue weighted by atomic mass is 19.3. The Kier molecular flexibility index (Phi) is 11.7. The molecule has 0 saturated carbocycles. The zero-order valence-corrected chi connectivity index (χ0v) is 20.3. The number of primary amides is 1. The van der Waals surface area contributed by atoms with Crippen LogP contribution in [0.5, 0.6) is 0 Å². The summed E-state index contributed by atoms with van der Waals surface area (Å²) in [6.45, 7) is 1.24. The van der Waals surface area contributed by atoms with E-state index < -0.39 is 84.5 Å². The van der Waals surface area contributed by atoms with E-state index in [1.807, 2.05) is 5.32 Å². The number of hydrogen-bond acceptors (Lipinski definition) is 11. The zero-order chi connectivity index (χ0) is 28.7. The van der Waals surface area contributed by atoms with Crippen LogP contribution < -0.4 is 27.4 Å². The Morgan fingerprint density at radius 2 is 1.59 bits per heavy atom. The molecule has 15 nitrogen and oxygen atoms in total. The maximum atomic E-state index is 14.6. The molecule has 0 aliphatic carbocycles. The van der Waals surface area contributed by atoms with Gasteiger partial charge >= 0.3 is 5.92 Å². The highest BCUT2D eigenvalue weighted by Crippen LogP contribution is 2.39. The lowest BCUT2D eigenvalue weighted by Gasteiger charge is -2.47. The summed E-state index contributed by atoms with van der Waals surface area (Å²) in [6.07, 6.45) is -8.78. The summed E-state index contributed by atoms with van der Waals surface area (Å²) < 4.78 is 33.8. The third-order valence-corrected chi connectivity index (χ3v) is 5.80. The van der Waals surface area contributed by atoms with E-state index in [1.165, 1.54) is 13.8 Å². The van der Waals surface area contributed by atoms with Crippen molar-refractivity contribution >= 4 is 23.6 Å². The van der Waals surface area contributed by atoms with Crippen molar-refractivity contribution in [1.82, 2.24) is 16.0 Å². The van der Waals surface area contributed by atoms with Gasteiger partial charge in [-0.05, 0) is 33.1 Å². The summed E-state index contributed by atoms with van der Waals surface area (Å²) >= 11 is 0. The molecule has 0 unspecified atom stereocenters. The van der Waals surface area contributed by atoms with Crippen molar-refractivity contribution < 1.29 is 58.2 Å². The summed E-state index contributed by atoms with van der Waals surface area (Å²) in [4.78, 5) is 47.1. The molecule has 1 rings (SSSR count). The fraction of sp³-hybridized carbons (Fsp3) is 0.800. The van der Waals surface area contributed by atoms with Gasteiger partial charge in [0.05, 0.1) is 12.6 Å². The van der Waals surface area contributed by atoms with Crippen LogP contribution in [0.4, 0.5) is 8.78 Å². The van der Waals surface area contributed by atoms with Gasteiger partial charge in [-0.25, -0.2) is 0 Å². The van der Waals surface area contributed by atoms with Crippen molar-refractivity contribution in [2.75, 3.05) is 13.2 Å². The van der Waals surface area contributed by atoms with Crippen LogP contribution in [-0.4, -0.2) is 117 Å². The number of alkyl halides is 2. The van der Waals surface area contributed by atoms with Gasteiger partial charge in [0, 0.05) is 6.54 Å². The normalized spacial score (nSPS) is 28.5. The number of carbonyl (C=O) groups is 4. The van der Waals surface area contributed by atoms with E-state index in [4.69, 9.17) is 16.6 Å². The number of halogens is 2. The van der Waals surface area contributed by atoms with Crippen molar-refractivity contribution in [3.05, 3.63) is 0 Å². The first-order chi connectivity index (χ1) is 17.0. The molecule has 4 amide bonds. The molecular formula is C20H35F2N5O10. The lowest BCUT2D eigenvalue weighted by Crippen LogP contribution is -2.73. The second-order valence-electron chi connectivity index (χ2n) is 8.76. The SMILES string of the molecule is C[C@H](NC(=O)[C@H](C)NC(=O)[C@@H](N)CCCCNC(=O)C(F)(F)[C@]1(O)O[C@H](CO)[C@H](O)[C@H](O)[C@H]1O)C(N)=O. The van der Waals surface area contributed by atoms with Crippen LogP contribution >= 0.6 is 0 Å². The minimum atomic E-state index is -4.81. The van der Waals surface area contributed by atoms with Crippen molar-refractivity contribution in [3.8, 4) is 0 Å². The Bertz CT molecular complexity index is 835. The van der Waals surface area contributed by atoms with Gasteiger partial charge in [-0.2, -0.15) is 8.78 Å². The fourth-order valence-electron chi connectivity index (χ4n) is 3.30. The van der Waals surface area contributed by atoms with Gasteiger partial charge in [-0.1, -0.05) is 0 Å². The lowest BCUT2D eigenvalue weighted by atomic mass is 9.88. The first-order valence-corrected chi connectivity index (χ1v) is 11.4. The molecule has 214 valence electrons. The van der Waals surface area contributed by atoms with Gasteiger partial charge < -0.3 is 57.7 Å². The molecule has 12 N–H and O–H groups in total. The van der Waals surface area contributed by atoms with E-state index in [2.05, 4.69) is 15.4 Å². The van der Waals surface area contributed by atoms with Gasteiger partial charge in [0.1, 0.15) is 36.5 Å². The van der Waals surface area contributed by atoms with Crippen LogP contribution in [0.2, 0.25) is 0 Å². The first kappa shape index (κ1) is 32.5. The molecule has 0 aromatic heterocycles. The van der Waals surface area contributed by atoms with Gasteiger partial charge in [0.25, 0.3) is 11.7 Å². The number of aliphatic hydroxyl groups is 5. The number of rotatable bonds is 13. The Morgan fingerprint density at radius 1 is 1.03 bits per heavy atom. The molecule has 1 aliphatic rings. The van der Waals surface area contributed by atoms with Crippen LogP contribution in [0.25, 0.3) is 0 Å². The molecule has 0 aromatic carbocycles. The van der Waals surface area contributed by atoms with Crippen LogP contribution in [0.3, 0.4) is 0 Å². The van der Waals surface area contributed by atoms with E-state index in [1.54, 1.807) is 0 Å². The fourth-order valence-corrected chi connectivity index (χ4v) is 3.30. The number of unbranched alkanes of at least 4 members (excludes halogenated alkanes) is 1. The second kappa shape index (κ2) is 13.3. The van der Waals surface area contributed by atoms with E-state index in [-0.39, 0.29) is 25.8 Å². The number of nitrogens with two attached hydrogens (primary N) is 2. The minimum absolute atomic E-state index is 0.0398. The predicted molar refractivity (Wildman–Crippen MR) is 119 cm³/mol. The number of hydrogen-bond donors (Lipinski definition) is 10. The summed E-state index contributed by atoms with van der Waals surface area (Å²) in [6, 6.07) is -3.07. The topological polar surface area (TPSA) is 267 Å². The van der Waals surface area contributed by atoms with Crippen molar-refractivity contribution in [3.63, 3.8) is 0 Å². The summed E-state index contributed by atoms with van der Waals surface area (Å²) in [5.74, 6) is -13.0. The zero-order valence-electron chi connectivity index (χ0n) is 20.3. The molecule has 0 spiro atoms. The standard InChI is InChI=1S/C20H35F2N5O10/c1-8(15(24)32)26-16(33)9(2)27-17(34)10(23)5-3-4-6-25-18(35)19(21,22)20(36)14(31)13(30)12(29)11(7-28)37-20/h8-14,28-31,36H,3-7,23H2,1-2H3,(H2,24,32)(H,25,35)(H,26,33)(H,27,34)/t8-,9-,10-,11+,12-,13-,14+,20+/m0/s1. The summed E-state index contributed by atoms with van der Waals surface area (Å²) in [5, 5.41) is 54.9. The van der Waals surface area contributed by atoms with Crippen molar-refractivity contribution in [2.45, 2.75) is 87.4 Å². The van der Waals surface area contributed by atoms with Crippen LogP contribution in [0, 0.1) is 0 Å².